The van der Waals surface area contributed by atoms with Crippen molar-refractivity contribution in [3.8, 4) is 0 Å². The Labute approximate surface area is 752 Å². The second-order valence-corrected chi connectivity index (χ2v) is 37.5. The molecule has 0 amide bonds. The molecule has 6 aliphatic heterocycles. The Balaban J connectivity index is 0.000000130. The lowest BCUT2D eigenvalue weighted by Crippen LogP contribution is -2.47. The number of aromatic nitrogens is 12. The highest BCUT2D eigenvalue weighted by Gasteiger charge is 2.34. The number of likely N-dealkylation sites (N-methyl/N-ethyl adjacent to an activating group) is 3. The lowest BCUT2D eigenvalue weighted by atomic mass is 10.1. The Morgan fingerprint density at radius 2 is 0.468 bits per heavy atom. The van der Waals surface area contributed by atoms with Crippen LogP contribution in [0.25, 0.3) is 0 Å². The maximum absolute atomic E-state index is 5.94. The average Bonchev–Trinajstić information content (AvgIpc) is 1.58. The number of nitrogens with zero attached hydrogens (tertiary/aromatic N) is 21. The standard InChI is InChI=1S/3C17H27N3O.3C16H22N4O/c3*1-13(2)17-7-6-15(10-18-17)20-8-9-21-16(12-20)11-19(3)14-4-5-14;3*1-13(2)16-4-3-14(9-18-16)20-7-8-21-15(11-20)10-19-6-5-17-12-19/h3*6-7,10,13-14,16H,4-5,8-9,11-12H2,1-3H3;3*3-6,9,12-13,15H,7-8,10-11H2,1-2H3/t2*16-;;2*15-;/m10.10./s1. The van der Waals surface area contributed by atoms with Crippen molar-refractivity contribution in [1.82, 2.24) is 73.3 Å². The summed E-state index contributed by atoms with van der Waals surface area (Å²) in [5.41, 5.74) is 14.1. The first-order valence-electron chi connectivity index (χ1n) is 47.0. The summed E-state index contributed by atoms with van der Waals surface area (Å²) in [5.74, 6) is 2.88. The predicted octanol–water partition coefficient (Wildman–Crippen LogP) is 14.4. The van der Waals surface area contributed by atoms with Gasteiger partial charge in [-0.1, -0.05) is 83.1 Å². The smallest absolute Gasteiger partial charge is 0.0946 e. The summed E-state index contributed by atoms with van der Waals surface area (Å²) in [7, 11) is 6.66. The van der Waals surface area contributed by atoms with E-state index in [0.717, 1.165) is 210 Å². The fraction of sp³-hybridized carbons (Fsp3) is 0.606. The van der Waals surface area contributed by atoms with Gasteiger partial charge in [0.05, 0.1) is 186 Å². The summed E-state index contributed by atoms with van der Waals surface area (Å²) < 4.78 is 41.6. The van der Waals surface area contributed by atoms with Crippen LogP contribution in [0.1, 0.15) is 191 Å². The maximum Gasteiger partial charge on any atom is 0.0946 e. The fourth-order valence-corrected chi connectivity index (χ4v) is 16.8. The van der Waals surface area contributed by atoms with Crippen molar-refractivity contribution >= 4 is 34.1 Å². The van der Waals surface area contributed by atoms with Gasteiger partial charge >= 0.3 is 0 Å². The molecule has 6 saturated heterocycles. The Kier molecular flexibility index (Phi) is 35.5. The third-order valence-electron chi connectivity index (χ3n) is 25.1. The molecule has 0 radical (unpaired) electrons. The van der Waals surface area contributed by atoms with Crippen molar-refractivity contribution in [2.45, 2.75) is 232 Å². The Morgan fingerprint density at radius 1 is 0.278 bits per heavy atom. The number of anilines is 6. The predicted molar refractivity (Wildman–Crippen MR) is 505 cm³/mol. The van der Waals surface area contributed by atoms with Crippen molar-refractivity contribution in [1.29, 1.82) is 0 Å². The molecule has 6 atom stereocenters. The average molecular weight is 1730 g/mol. The van der Waals surface area contributed by atoms with Gasteiger partial charge in [-0.15, -0.1) is 0 Å². The second kappa shape index (κ2) is 47.3. The van der Waals surface area contributed by atoms with Gasteiger partial charge in [-0.05, 0) is 168 Å². The summed E-state index contributed by atoms with van der Waals surface area (Å²) in [5, 5.41) is 0. The molecule has 0 aromatic carbocycles. The molecule has 9 aromatic rings. The normalized spacial score (nSPS) is 21.1. The number of morpholine rings is 6. The summed E-state index contributed by atoms with van der Waals surface area (Å²) in [6.07, 6.45) is 38.5. The molecule has 15 heterocycles. The first-order chi connectivity index (χ1) is 61.1. The summed E-state index contributed by atoms with van der Waals surface area (Å²) in [6, 6.07) is 28.4. The molecule has 3 aliphatic carbocycles. The van der Waals surface area contributed by atoms with Crippen LogP contribution in [-0.4, -0.2) is 287 Å². The Hall–Kier alpha value is -9.03. The number of ether oxygens (including phenoxy) is 6. The summed E-state index contributed by atoms with van der Waals surface area (Å²) in [6.45, 7) is 47.7. The lowest BCUT2D eigenvalue weighted by molar-refractivity contribution is 0.0191. The van der Waals surface area contributed by atoms with E-state index in [4.69, 9.17) is 28.4 Å². The zero-order valence-corrected chi connectivity index (χ0v) is 78.3. The third-order valence-corrected chi connectivity index (χ3v) is 25.1. The van der Waals surface area contributed by atoms with E-state index in [-0.39, 0.29) is 18.3 Å². The van der Waals surface area contributed by atoms with E-state index in [1.807, 2.05) is 74.8 Å². The molecule has 2 unspecified atom stereocenters. The topological polar surface area (TPSA) is 215 Å². The molecule has 0 spiro atoms. The molecule has 27 nitrogen and oxygen atoms in total. The van der Waals surface area contributed by atoms with Crippen molar-refractivity contribution < 1.29 is 28.4 Å². The van der Waals surface area contributed by atoms with E-state index in [1.165, 1.54) is 72.6 Å². The van der Waals surface area contributed by atoms with Crippen molar-refractivity contribution in [3.63, 3.8) is 0 Å². The monoisotopic (exact) mass is 1730 g/mol. The van der Waals surface area contributed by atoms with E-state index < -0.39 is 0 Å². The van der Waals surface area contributed by atoms with E-state index in [0.29, 0.717) is 53.8 Å². The van der Waals surface area contributed by atoms with Gasteiger partial charge in [-0.25, -0.2) is 15.0 Å². The minimum atomic E-state index is 0.192. The van der Waals surface area contributed by atoms with Crippen LogP contribution in [0, 0.1) is 0 Å². The van der Waals surface area contributed by atoms with E-state index in [1.54, 1.807) is 18.6 Å². The largest absolute Gasteiger partial charge is 0.373 e. The SMILES string of the molecule is CC(C)c1ccc(N2CCOC(CN(C)C3CC3)C2)cn1.CC(C)c1ccc(N2CCOC(Cn3ccnc3)C2)cn1.CC(C)c1ccc(N2CCO[C@@H](CN(C)C3CC3)C2)cn1.CC(C)c1ccc(N2CCO[C@@H](Cn3ccnc3)C2)cn1.CC(C)c1ccc(N2CCO[C@H](CN(C)C3CC3)C2)cn1.CC(C)c1ccc(N2CCO[C@H](Cn3ccnc3)C2)cn1. The molecule has 9 aromatic heterocycles. The van der Waals surface area contributed by atoms with Gasteiger partial charge in [-0.3, -0.25) is 29.9 Å². The highest BCUT2D eigenvalue weighted by Crippen LogP contribution is 2.32. The lowest BCUT2D eigenvalue weighted by Gasteiger charge is -2.36. The molecule has 9 fully saturated rings. The molecule has 3 saturated carbocycles. The molecule has 9 aliphatic rings. The van der Waals surface area contributed by atoms with E-state index >= 15 is 0 Å². The van der Waals surface area contributed by atoms with Crippen LogP contribution in [-0.2, 0) is 48.1 Å². The number of hydrogen-bond acceptors (Lipinski definition) is 24. The first-order valence-corrected chi connectivity index (χ1v) is 47.0. The quantitative estimate of drug-likeness (QED) is 0.0468. The van der Waals surface area contributed by atoms with Gasteiger partial charge in [0.1, 0.15) is 0 Å². The molecule has 0 N–H and O–H groups in total. The van der Waals surface area contributed by atoms with Crippen LogP contribution in [0.15, 0.2) is 166 Å². The van der Waals surface area contributed by atoms with Gasteiger partial charge in [0.25, 0.3) is 0 Å². The van der Waals surface area contributed by atoms with Crippen molar-refractivity contribution in [2.24, 2.45) is 0 Å². The zero-order chi connectivity index (χ0) is 88.4. The number of rotatable bonds is 27. The number of imidazole rings is 3. The molecule has 0 bridgehead atoms. The van der Waals surface area contributed by atoms with Crippen LogP contribution in [0.3, 0.4) is 0 Å². The number of hydrogen-bond donors (Lipinski definition) is 0. The number of pyridine rings is 6. The van der Waals surface area contributed by atoms with Crippen LogP contribution in [0.4, 0.5) is 34.1 Å². The highest BCUT2D eigenvalue weighted by atomic mass is 16.5. The minimum absolute atomic E-state index is 0.192. The van der Waals surface area contributed by atoms with Gasteiger partial charge in [0.15, 0.2) is 0 Å². The molecule has 18 rings (SSSR count). The minimum Gasteiger partial charge on any atom is -0.373 e. The Morgan fingerprint density at radius 3 is 0.627 bits per heavy atom. The second-order valence-electron chi connectivity index (χ2n) is 37.5. The van der Waals surface area contributed by atoms with Gasteiger partial charge in [0.2, 0.25) is 0 Å². The fourth-order valence-electron chi connectivity index (χ4n) is 16.8. The van der Waals surface area contributed by atoms with Gasteiger partial charge in [-0.2, -0.15) is 0 Å². The van der Waals surface area contributed by atoms with E-state index in [2.05, 4.69) is 280 Å². The highest BCUT2D eigenvalue weighted by molar-refractivity contribution is 5.50. The van der Waals surface area contributed by atoms with Crippen LogP contribution in [0.5, 0.6) is 0 Å². The maximum atomic E-state index is 5.94. The first kappa shape index (κ1) is 94.6. The van der Waals surface area contributed by atoms with Crippen LogP contribution in [0.2, 0.25) is 0 Å². The zero-order valence-electron chi connectivity index (χ0n) is 78.3. The van der Waals surface area contributed by atoms with Crippen LogP contribution < -0.4 is 29.4 Å². The summed E-state index contributed by atoms with van der Waals surface area (Å²) >= 11 is 0. The molecular formula is C99H147N21O6. The Bertz CT molecular complexity index is 4040. The van der Waals surface area contributed by atoms with Gasteiger partial charge < -0.3 is 86.2 Å². The third kappa shape index (κ3) is 29.5. The molecule has 126 heavy (non-hydrogen) atoms. The molecule has 684 valence electrons. The summed E-state index contributed by atoms with van der Waals surface area (Å²) in [4.78, 5) is 61.3. The molecule has 27 heteroatoms. The van der Waals surface area contributed by atoms with Crippen molar-refractivity contribution in [2.75, 3.05) is 188 Å². The van der Waals surface area contributed by atoms with Crippen LogP contribution >= 0.6 is 0 Å². The van der Waals surface area contributed by atoms with E-state index in [9.17, 15) is 0 Å². The van der Waals surface area contributed by atoms with Crippen molar-refractivity contribution in [3.05, 3.63) is 200 Å². The molecular weight excluding hydrogens is 1580 g/mol. The van der Waals surface area contributed by atoms with Gasteiger partial charge in [0, 0.05) is 188 Å².